The second-order valence-electron chi connectivity index (χ2n) is 8.03. The summed E-state index contributed by atoms with van der Waals surface area (Å²) in [5, 5.41) is 0. The fourth-order valence-electron chi connectivity index (χ4n) is 4.43. The molecule has 0 amide bonds. The van der Waals surface area contributed by atoms with Gasteiger partial charge in [0, 0.05) is 31.7 Å². The molecular formula is C26H29FN2O. The Morgan fingerprint density at radius 2 is 1.57 bits per heavy atom. The van der Waals surface area contributed by atoms with Crippen LogP contribution >= 0.6 is 0 Å². The Bertz CT molecular complexity index is 973. The second-order valence-corrected chi connectivity index (χ2v) is 8.03. The molecule has 0 aliphatic carbocycles. The van der Waals surface area contributed by atoms with Crippen molar-refractivity contribution in [3.05, 3.63) is 101 Å². The smallest absolute Gasteiger partial charge is 0.124 e. The standard InChI is InChI=1S/C26H29FN2O/c1-20-7-5-8-22(17-20)19-29-16-6-15-28(18-21-11-13-23(27)14-12-21)26(29)24-9-3-4-10-25(24)30-2/h3-5,7-14,17,26H,6,15-16,18-19H2,1-2H3. The van der Waals surface area contributed by atoms with Gasteiger partial charge in [0.1, 0.15) is 11.6 Å². The van der Waals surface area contributed by atoms with Crippen LogP contribution in [-0.4, -0.2) is 30.0 Å². The second kappa shape index (κ2) is 9.41. The molecule has 1 saturated heterocycles. The maximum Gasteiger partial charge on any atom is 0.124 e. The van der Waals surface area contributed by atoms with Gasteiger partial charge in [0.15, 0.2) is 0 Å². The van der Waals surface area contributed by atoms with E-state index < -0.39 is 0 Å². The minimum absolute atomic E-state index is 0.0977. The van der Waals surface area contributed by atoms with Crippen molar-refractivity contribution in [1.82, 2.24) is 9.80 Å². The molecule has 0 radical (unpaired) electrons. The average Bonchev–Trinajstić information content (AvgIpc) is 2.76. The van der Waals surface area contributed by atoms with Crippen molar-refractivity contribution >= 4 is 0 Å². The Kier molecular flexibility index (Phi) is 6.46. The zero-order valence-corrected chi connectivity index (χ0v) is 17.7. The number of para-hydroxylation sites is 1. The van der Waals surface area contributed by atoms with Gasteiger partial charge >= 0.3 is 0 Å². The molecule has 0 aromatic heterocycles. The third kappa shape index (κ3) is 4.72. The van der Waals surface area contributed by atoms with Crippen molar-refractivity contribution in [3.8, 4) is 5.75 Å². The number of hydrogen-bond donors (Lipinski definition) is 0. The Morgan fingerprint density at radius 1 is 0.867 bits per heavy atom. The van der Waals surface area contributed by atoms with Crippen LogP contribution < -0.4 is 4.74 Å². The minimum atomic E-state index is -0.195. The molecule has 30 heavy (non-hydrogen) atoms. The number of benzene rings is 3. The number of halogens is 1. The van der Waals surface area contributed by atoms with Crippen LogP contribution in [0.15, 0.2) is 72.8 Å². The van der Waals surface area contributed by atoms with Gasteiger partial charge < -0.3 is 4.74 Å². The molecule has 156 valence electrons. The monoisotopic (exact) mass is 404 g/mol. The highest BCUT2D eigenvalue weighted by atomic mass is 19.1. The number of nitrogens with zero attached hydrogens (tertiary/aromatic N) is 2. The highest BCUT2D eigenvalue weighted by Crippen LogP contribution is 2.36. The summed E-state index contributed by atoms with van der Waals surface area (Å²) >= 11 is 0. The maximum atomic E-state index is 13.4. The molecule has 3 nitrogen and oxygen atoms in total. The normalized spacial score (nSPS) is 17.8. The van der Waals surface area contributed by atoms with E-state index in [0.29, 0.717) is 0 Å². The topological polar surface area (TPSA) is 15.7 Å². The highest BCUT2D eigenvalue weighted by molar-refractivity contribution is 5.36. The zero-order valence-electron chi connectivity index (χ0n) is 17.7. The van der Waals surface area contributed by atoms with E-state index in [4.69, 9.17) is 4.74 Å². The molecule has 1 aliphatic rings. The van der Waals surface area contributed by atoms with Crippen molar-refractivity contribution < 1.29 is 9.13 Å². The van der Waals surface area contributed by atoms with Gasteiger partial charge in [-0.15, -0.1) is 0 Å². The van der Waals surface area contributed by atoms with Crippen molar-refractivity contribution in [3.63, 3.8) is 0 Å². The molecule has 4 heteroatoms. The first-order valence-electron chi connectivity index (χ1n) is 10.5. The quantitative estimate of drug-likeness (QED) is 0.536. The molecule has 1 heterocycles. The first-order chi connectivity index (χ1) is 14.6. The van der Waals surface area contributed by atoms with E-state index in [9.17, 15) is 4.39 Å². The molecular weight excluding hydrogens is 375 g/mol. The largest absolute Gasteiger partial charge is 0.496 e. The van der Waals surface area contributed by atoms with E-state index in [-0.39, 0.29) is 12.0 Å². The van der Waals surface area contributed by atoms with Crippen molar-refractivity contribution in [2.75, 3.05) is 20.2 Å². The summed E-state index contributed by atoms with van der Waals surface area (Å²) in [4.78, 5) is 5.00. The van der Waals surface area contributed by atoms with Gasteiger partial charge in [0.05, 0.1) is 13.3 Å². The van der Waals surface area contributed by atoms with Crippen LogP contribution in [0.1, 0.15) is 34.8 Å². The van der Waals surface area contributed by atoms with E-state index in [0.717, 1.165) is 43.9 Å². The summed E-state index contributed by atoms with van der Waals surface area (Å²) in [5.41, 5.74) is 4.89. The maximum absolute atomic E-state index is 13.4. The molecule has 1 atom stereocenters. The number of hydrogen-bond acceptors (Lipinski definition) is 3. The van der Waals surface area contributed by atoms with Crippen LogP contribution in [0.25, 0.3) is 0 Å². The first-order valence-corrected chi connectivity index (χ1v) is 10.5. The summed E-state index contributed by atoms with van der Waals surface area (Å²) in [6.45, 7) is 5.80. The van der Waals surface area contributed by atoms with Crippen LogP contribution in [0.2, 0.25) is 0 Å². The SMILES string of the molecule is COc1ccccc1C1N(Cc2ccc(F)cc2)CCCN1Cc1cccc(C)c1. The lowest BCUT2D eigenvalue weighted by atomic mass is 10.0. The van der Waals surface area contributed by atoms with Gasteiger partial charge in [-0.2, -0.15) is 0 Å². The molecule has 0 spiro atoms. The Morgan fingerprint density at radius 3 is 2.27 bits per heavy atom. The lowest BCUT2D eigenvalue weighted by Crippen LogP contribution is -2.47. The third-order valence-electron chi connectivity index (χ3n) is 5.77. The molecule has 1 aliphatic heterocycles. The molecule has 1 fully saturated rings. The van der Waals surface area contributed by atoms with E-state index in [1.807, 2.05) is 24.3 Å². The fraction of sp³-hybridized carbons (Fsp3) is 0.308. The Hall–Kier alpha value is -2.69. The molecule has 4 rings (SSSR count). The van der Waals surface area contributed by atoms with Crippen LogP contribution in [0.4, 0.5) is 4.39 Å². The first kappa shape index (κ1) is 20.6. The van der Waals surface area contributed by atoms with Gasteiger partial charge in [0.25, 0.3) is 0 Å². The minimum Gasteiger partial charge on any atom is -0.496 e. The molecule has 3 aromatic rings. The van der Waals surface area contributed by atoms with Crippen LogP contribution in [0, 0.1) is 12.7 Å². The summed E-state index contributed by atoms with van der Waals surface area (Å²) in [6.07, 6.45) is 1.19. The van der Waals surface area contributed by atoms with Gasteiger partial charge in [-0.05, 0) is 42.7 Å². The van der Waals surface area contributed by atoms with Crippen LogP contribution in [0.5, 0.6) is 5.75 Å². The number of aryl methyl sites for hydroxylation is 1. The highest BCUT2D eigenvalue weighted by Gasteiger charge is 2.32. The zero-order chi connectivity index (χ0) is 20.9. The molecule has 0 bridgehead atoms. The Balaban J connectivity index is 1.68. The lowest BCUT2D eigenvalue weighted by Gasteiger charge is -2.44. The van der Waals surface area contributed by atoms with Gasteiger partial charge in [-0.3, -0.25) is 9.80 Å². The molecule has 0 N–H and O–H groups in total. The van der Waals surface area contributed by atoms with Crippen molar-refractivity contribution in [2.45, 2.75) is 32.6 Å². The summed E-state index contributed by atoms with van der Waals surface area (Å²) < 4.78 is 19.1. The van der Waals surface area contributed by atoms with E-state index in [1.54, 1.807) is 19.2 Å². The lowest BCUT2D eigenvalue weighted by molar-refractivity contribution is -0.0104. The predicted octanol–water partition coefficient (Wildman–Crippen LogP) is 5.55. The van der Waals surface area contributed by atoms with Crippen molar-refractivity contribution in [1.29, 1.82) is 0 Å². The van der Waals surface area contributed by atoms with Crippen LogP contribution in [-0.2, 0) is 13.1 Å². The van der Waals surface area contributed by atoms with Gasteiger partial charge in [0.2, 0.25) is 0 Å². The molecule has 0 saturated carbocycles. The molecule has 3 aromatic carbocycles. The van der Waals surface area contributed by atoms with Gasteiger partial charge in [-0.25, -0.2) is 4.39 Å². The number of rotatable bonds is 6. The summed E-state index contributed by atoms with van der Waals surface area (Å²) in [5.74, 6) is 0.711. The summed E-state index contributed by atoms with van der Waals surface area (Å²) in [6, 6.07) is 23.9. The fourth-order valence-corrected chi connectivity index (χ4v) is 4.43. The van der Waals surface area contributed by atoms with E-state index >= 15 is 0 Å². The molecule has 1 unspecified atom stereocenters. The predicted molar refractivity (Wildman–Crippen MR) is 119 cm³/mol. The van der Waals surface area contributed by atoms with Gasteiger partial charge in [-0.1, -0.05) is 60.2 Å². The van der Waals surface area contributed by atoms with Crippen molar-refractivity contribution in [2.24, 2.45) is 0 Å². The van der Waals surface area contributed by atoms with Crippen LogP contribution in [0.3, 0.4) is 0 Å². The average molecular weight is 405 g/mol. The summed E-state index contributed by atoms with van der Waals surface area (Å²) in [7, 11) is 1.73. The van der Waals surface area contributed by atoms with E-state index in [1.165, 1.54) is 16.7 Å². The Labute approximate surface area is 178 Å². The number of methoxy groups -OCH3 is 1. The third-order valence-corrected chi connectivity index (χ3v) is 5.77. The number of ether oxygens (including phenoxy) is 1. The van der Waals surface area contributed by atoms with E-state index in [2.05, 4.69) is 53.1 Å².